The van der Waals surface area contributed by atoms with Gasteiger partial charge in [0.05, 0.1) is 23.6 Å². The lowest BCUT2D eigenvalue weighted by atomic mass is 9.91. The first-order chi connectivity index (χ1) is 12.1. The maximum absolute atomic E-state index is 11.5. The van der Waals surface area contributed by atoms with Crippen LogP contribution in [0.5, 0.6) is 5.75 Å². The van der Waals surface area contributed by atoms with E-state index in [1.807, 2.05) is 36.4 Å². The summed E-state index contributed by atoms with van der Waals surface area (Å²) in [6.07, 6.45) is 0. The normalized spacial score (nSPS) is 15.4. The summed E-state index contributed by atoms with van der Waals surface area (Å²) in [6.45, 7) is 3.42. The summed E-state index contributed by atoms with van der Waals surface area (Å²) in [5.74, 6) is 0.421. The van der Waals surface area contributed by atoms with Crippen LogP contribution in [0.3, 0.4) is 0 Å². The molecule has 0 radical (unpaired) electrons. The molecule has 1 aromatic carbocycles. The third-order valence-corrected chi connectivity index (χ3v) is 5.43. The molecule has 2 aromatic rings. The first-order valence-electron chi connectivity index (χ1n) is 7.96. The van der Waals surface area contributed by atoms with Gasteiger partial charge in [0.15, 0.2) is 0 Å². The molecule has 0 unspecified atom stereocenters. The molecule has 5 nitrogen and oxygen atoms in total. The zero-order valence-electron chi connectivity index (χ0n) is 13.8. The molecule has 0 atom stereocenters. The van der Waals surface area contributed by atoms with Crippen molar-refractivity contribution in [3.8, 4) is 5.75 Å². The molecule has 0 amide bonds. The Labute approximate surface area is 159 Å². The highest BCUT2D eigenvalue weighted by Crippen LogP contribution is 2.34. The summed E-state index contributed by atoms with van der Waals surface area (Å²) in [5.41, 5.74) is 0.387. The number of hydrogen-bond donors (Lipinski definition) is 0. The summed E-state index contributed by atoms with van der Waals surface area (Å²) >= 11 is 5.09. The highest BCUT2D eigenvalue weighted by atomic mass is 79.9. The SMILES string of the molecule is CCOC(=O)COC1(c2ccc(OCc3ccc(Br)s3)cc2)COC1. The van der Waals surface area contributed by atoms with E-state index in [0.717, 1.165) is 20.0 Å². The van der Waals surface area contributed by atoms with Gasteiger partial charge < -0.3 is 18.9 Å². The Balaban J connectivity index is 1.59. The molecule has 0 spiro atoms. The molecule has 1 aliphatic rings. The summed E-state index contributed by atoms with van der Waals surface area (Å²) in [4.78, 5) is 12.7. The van der Waals surface area contributed by atoms with E-state index in [1.54, 1.807) is 18.3 Å². The lowest BCUT2D eigenvalue weighted by Gasteiger charge is -2.41. The quantitative estimate of drug-likeness (QED) is 0.599. The molecular weight excluding hydrogens is 408 g/mol. The van der Waals surface area contributed by atoms with E-state index in [2.05, 4.69) is 15.9 Å². The third kappa shape index (κ3) is 4.61. The molecule has 7 heteroatoms. The highest BCUT2D eigenvalue weighted by molar-refractivity contribution is 9.11. The predicted octanol–water partition coefficient (Wildman–Crippen LogP) is 3.89. The third-order valence-electron chi connectivity index (χ3n) is 3.83. The highest BCUT2D eigenvalue weighted by Gasteiger charge is 2.42. The fraction of sp³-hybridized carbons (Fsp3) is 0.389. The molecule has 1 saturated heterocycles. The molecule has 2 heterocycles. The van der Waals surface area contributed by atoms with Crippen molar-refractivity contribution in [3.05, 3.63) is 50.6 Å². The van der Waals surface area contributed by atoms with Crippen LogP contribution < -0.4 is 4.74 Å². The van der Waals surface area contributed by atoms with Gasteiger partial charge in [-0.3, -0.25) is 0 Å². The van der Waals surface area contributed by atoms with Crippen molar-refractivity contribution in [2.75, 3.05) is 26.4 Å². The number of carbonyl (C=O) groups is 1. The van der Waals surface area contributed by atoms with E-state index in [1.165, 1.54) is 0 Å². The van der Waals surface area contributed by atoms with Gasteiger partial charge in [-0.25, -0.2) is 4.79 Å². The number of benzene rings is 1. The standard InChI is InChI=1S/C18H19BrO5S/c1-2-22-17(20)10-24-18(11-21-12-18)13-3-5-14(6-4-13)23-9-15-7-8-16(19)25-15/h3-8H,2,9-12H2,1H3. The van der Waals surface area contributed by atoms with Crippen LogP contribution in [0.1, 0.15) is 17.4 Å². The van der Waals surface area contributed by atoms with Crippen molar-refractivity contribution in [2.45, 2.75) is 19.1 Å². The van der Waals surface area contributed by atoms with Crippen LogP contribution in [0.15, 0.2) is 40.2 Å². The molecule has 0 bridgehead atoms. The maximum atomic E-state index is 11.5. The molecule has 25 heavy (non-hydrogen) atoms. The van der Waals surface area contributed by atoms with Crippen LogP contribution in [0.4, 0.5) is 0 Å². The minimum Gasteiger partial charge on any atom is -0.488 e. The Morgan fingerprint density at radius 1 is 1.24 bits per heavy atom. The van der Waals surface area contributed by atoms with E-state index in [4.69, 9.17) is 18.9 Å². The van der Waals surface area contributed by atoms with Gasteiger partial charge >= 0.3 is 5.97 Å². The summed E-state index contributed by atoms with van der Waals surface area (Å²) < 4.78 is 22.9. The molecule has 0 saturated carbocycles. The van der Waals surface area contributed by atoms with Crippen molar-refractivity contribution < 1.29 is 23.7 Å². The Morgan fingerprint density at radius 2 is 2.00 bits per heavy atom. The zero-order valence-corrected chi connectivity index (χ0v) is 16.2. The number of hydrogen-bond acceptors (Lipinski definition) is 6. The lowest BCUT2D eigenvalue weighted by Crippen LogP contribution is -2.49. The smallest absolute Gasteiger partial charge is 0.332 e. The second kappa shape index (κ2) is 8.31. The first kappa shape index (κ1) is 18.4. The van der Waals surface area contributed by atoms with E-state index >= 15 is 0 Å². The van der Waals surface area contributed by atoms with Crippen molar-refractivity contribution in [1.29, 1.82) is 0 Å². The molecule has 1 aliphatic heterocycles. The second-order valence-electron chi connectivity index (χ2n) is 5.60. The first-order valence-corrected chi connectivity index (χ1v) is 9.57. The summed E-state index contributed by atoms with van der Waals surface area (Å²) in [7, 11) is 0. The predicted molar refractivity (Wildman–Crippen MR) is 97.9 cm³/mol. The van der Waals surface area contributed by atoms with Crippen LogP contribution in [0, 0.1) is 0 Å². The van der Waals surface area contributed by atoms with Gasteiger partial charge in [-0.05, 0) is 52.7 Å². The number of ether oxygens (including phenoxy) is 4. The zero-order chi connectivity index (χ0) is 17.7. The fourth-order valence-corrected chi connectivity index (χ4v) is 3.86. The van der Waals surface area contributed by atoms with Crippen LogP contribution in [-0.2, 0) is 31.2 Å². The van der Waals surface area contributed by atoms with E-state index in [-0.39, 0.29) is 12.6 Å². The fourth-order valence-electron chi connectivity index (χ4n) is 2.46. The van der Waals surface area contributed by atoms with Gasteiger partial charge in [0.25, 0.3) is 0 Å². The molecule has 1 aromatic heterocycles. The van der Waals surface area contributed by atoms with Crippen molar-refractivity contribution in [3.63, 3.8) is 0 Å². The molecular formula is C18H19BrO5S. The van der Waals surface area contributed by atoms with Gasteiger partial charge in [-0.2, -0.15) is 0 Å². The second-order valence-corrected chi connectivity index (χ2v) is 8.15. The van der Waals surface area contributed by atoms with E-state index in [0.29, 0.717) is 26.4 Å². The average Bonchev–Trinajstić information content (AvgIpc) is 2.99. The Hall–Kier alpha value is -1.41. The summed E-state index contributed by atoms with van der Waals surface area (Å²) in [6, 6.07) is 11.8. The molecule has 0 aliphatic carbocycles. The number of carbonyl (C=O) groups excluding carboxylic acids is 1. The van der Waals surface area contributed by atoms with E-state index < -0.39 is 5.60 Å². The van der Waals surface area contributed by atoms with Crippen molar-refractivity contribution in [2.24, 2.45) is 0 Å². The van der Waals surface area contributed by atoms with E-state index in [9.17, 15) is 4.79 Å². The minimum absolute atomic E-state index is 0.0806. The van der Waals surface area contributed by atoms with Gasteiger partial charge in [-0.15, -0.1) is 11.3 Å². The van der Waals surface area contributed by atoms with Crippen LogP contribution in [-0.4, -0.2) is 32.4 Å². The minimum atomic E-state index is -0.579. The van der Waals surface area contributed by atoms with Crippen molar-refractivity contribution >= 4 is 33.2 Å². The molecule has 1 fully saturated rings. The van der Waals surface area contributed by atoms with Gasteiger partial charge in [0.1, 0.15) is 24.6 Å². The van der Waals surface area contributed by atoms with Gasteiger partial charge in [0.2, 0.25) is 0 Å². The average molecular weight is 427 g/mol. The summed E-state index contributed by atoms with van der Waals surface area (Å²) in [5, 5.41) is 0. The van der Waals surface area contributed by atoms with Crippen LogP contribution in [0.25, 0.3) is 0 Å². The Bertz CT molecular complexity index is 709. The molecule has 3 rings (SSSR count). The Morgan fingerprint density at radius 3 is 2.56 bits per heavy atom. The topological polar surface area (TPSA) is 54.0 Å². The molecule has 134 valence electrons. The monoisotopic (exact) mass is 426 g/mol. The van der Waals surface area contributed by atoms with Crippen LogP contribution >= 0.6 is 27.3 Å². The number of esters is 1. The van der Waals surface area contributed by atoms with Gasteiger partial charge in [0, 0.05) is 4.88 Å². The van der Waals surface area contributed by atoms with Crippen LogP contribution in [0.2, 0.25) is 0 Å². The van der Waals surface area contributed by atoms with Gasteiger partial charge in [-0.1, -0.05) is 12.1 Å². The number of thiophene rings is 1. The Kier molecular flexibility index (Phi) is 6.11. The lowest BCUT2D eigenvalue weighted by molar-refractivity contribution is -0.221. The maximum Gasteiger partial charge on any atom is 0.332 e. The largest absolute Gasteiger partial charge is 0.488 e. The van der Waals surface area contributed by atoms with Crippen molar-refractivity contribution in [1.82, 2.24) is 0 Å². The number of halogens is 1. The number of rotatable bonds is 8. The molecule has 0 N–H and O–H groups in total.